The van der Waals surface area contributed by atoms with E-state index in [1.165, 1.54) is 6.07 Å². The molecule has 3 aromatic rings. The summed E-state index contributed by atoms with van der Waals surface area (Å²) in [6.45, 7) is 1.85. The topological polar surface area (TPSA) is 17.3 Å². The highest BCUT2D eigenvalue weighted by molar-refractivity contribution is 6.33. The number of fused-ring (bicyclic) bond motifs is 1. The second-order valence-corrected chi connectivity index (χ2v) is 4.48. The lowest BCUT2D eigenvalue weighted by Gasteiger charge is -2.04. The summed E-state index contributed by atoms with van der Waals surface area (Å²) in [7, 11) is 0. The molecule has 4 heteroatoms. The first-order valence-corrected chi connectivity index (χ1v) is 5.94. The van der Waals surface area contributed by atoms with Gasteiger partial charge in [-0.1, -0.05) is 23.7 Å². The molecule has 0 aliphatic carbocycles. The molecule has 0 saturated carbocycles. The van der Waals surface area contributed by atoms with Crippen LogP contribution in [0.2, 0.25) is 5.02 Å². The van der Waals surface area contributed by atoms with Crippen molar-refractivity contribution in [3.63, 3.8) is 0 Å². The number of imidazole rings is 1. The van der Waals surface area contributed by atoms with Crippen LogP contribution in [-0.4, -0.2) is 9.38 Å². The van der Waals surface area contributed by atoms with E-state index in [-0.39, 0.29) is 5.82 Å². The molecule has 0 saturated heterocycles. The SMILES string of the molecule is Cc1nc2c(Cl)cccn2c1-c1ccccc1F. The van der Waals surface area contributed by atoms with E-state index < -0.39 is 0 Å². The quantitative estimate of drug-likeness (QED) is 0.644. The summed E-state index contributed by atoms with van der Waals surface area (Å²) in [5.74, 6) is -0.262. The van der Waals surface area contributed by atoms with Crippen LogP contribution >= 0.6 is 11.6 Å². The molecule has 0 radical (unpaired) electrons. The van der Waals surface area contributed by atoms with E-state index in [0.717, 1.165) is 11.4 Å². The third-order valence-electron chi connectivity index (χ3n) is 2.91. The Morgan fingerprint density at radius 3 is 2.72 bits per heavy atom. The van der Waals surface area contributed by atoms with Crippen molar-refractivity contribution >= 4 is 17.2 Å². The second kappa shape index (κ2) is 4.10. The molecule has 2 nitrogen and oxygen atoms in total. The summed E-state index contributed by atoms with van der Waals surface area (Å²) in [4.78, 5) is 4.39. The Bertz CT molecular complexity index is 734. The minimum absolute atomic E-state index is 0.262. The summed E-state index contributed by atoms with van der Waals surface area (Å²) in [5.41, 5.74) is 2.68. The van der Waals surface area contributed by atoms with Crippen LogP contribution in [-0.2, 0) is 0 Å². The number of benzene rings is 1. The van der Waals surface area contributed by atoms with Gasteiger partial charge in [-0.05, 0) is 31.2 Å². The molecule has 0 fully saturated rings. The van der Waals surface area contributed by atoms with Gasteiger partial charge in [0.05, 0.1) is 16.4 Å². The van der Waals surface area contributed by atoms with Crippen molar-refractivity contribution in [1.29, 1.82) is 0 Å². The lowest BCUT2D eigenvalue weighted by atomic mass is 10.1. The number of pyridine rings is 1. The van der Waals surface area contributed by atoms with Crippen LogP contribution in [0, 0.1) is 12.7 Å². The van der Waals surface area contributed by atoms with Gasteiger partial charge >= 0.3 is 0 Å². The molecule has 0 spiro atoms. The minimum Gasteiger partial charge on any atom is -0.298 e. The Hall–Kier alpha value is -1.87. The van der Waals surface area contributed by atoms with Crippen molar-refractivity contribution in [2.45, 2.75) is 6.92 Å². The highest BCUT2D eigenvalue weighted by atomic mass is 35.5. The largest absolute Gasteiger partial charge is 0.298 e. The van der Waals surface area contributed by atoms with Gasteiger partial charge in [0, 0.05) is 11.8 Å². The fourth-order valence-electron chi connectivity index (χ4n) is 2.13. The van der Waals surface area contributed by atoms with Crippen LogP contribution < -0.4 is 0 Å². The van der Waals surface area contributed by atoms with Crippen molar-refractivity contribution in [2.24, 2.45) is 0 Å². The second-order valence-electron chi connectivity index (χ2n) is 4.08. The van der Waals surface area contributed by atoms with Gasteiger partial charge in [-0.25, -0.2) is 9.37 Å². The minimum atomic E-state index is -0.262. The summed E-state index contributed by atoms with van der Waals surface area (Å²) in [5, 5.41) is 0.559. The molecule has 0 unspecified atom stereocenters. The predicted octanol–water partition coefficient (Wildman–Crippen LogP) is 4.10. The Kier molecular flexibility index (Phi) is 2.56. The molecule has 2 aromatic heterocycles. The van der Waals surface area contributed by atoms with E-state index >= 15 is 0 Å². The van der Waals surface area contributed by atoms with Crippen LogP contribution in [0.3, 0.4) is 0 Å². The summed E-state index contributed by atoms with van der Waals surface area (Å²) < 4.78 is 15.7. The van der Waals surface area contributed by atoms with Crippen molar-refractivity contribution in [3.8, 4) is 11.3 Å². The fraction of sp³-hybridized carbons (Fsp3) is 0.0714. The number of aryl methyl sites for hydroxylation is 1. The molecule has 0 atom stereocenters. The zero-order chi connectivity index (χ0) is 12.7. The van der Waals surface area contributed by atoms with E-state index in [9.17, 15) is 4.39 Å². The molecular formula is C14H10ClFN2. The maximum Gasteiger partial charge on any atom is 0.156 e. The van der Waals surface area contributed by atoms with E-state index in [2.05, 4.69) is 4.98 Å². The average molecular weight is 261 g/mol. The van der Waals surface area contributed by atoms with Gasteiger partial charge in [0.15, 0.2) is 5.65 Å². The van der Waals surface area contributed by atoms with Crippen LogP contribution in [0.4, 0.5) is 4.39 Å². The molecule has 2 heterocycles. The van der Waals surface area contributed by atoms with Crippen LogP contribution in [0.25, 0.3) is 16.9 Å². The van der Waals surface area contributed by atoms with Crippen molar-refractivity contribution < 1.29 is 4.39 Å². The first kappa shape index (κ1) is 11.2. The van der Waals surface area contributed by atoms with Gasteiger partial charge in [-0.2, -0.15) is 0 Å². The van der Waals surface area contributed by atoms with Gasteiger partial charge in [0.1, 0.15) is 5.82 Å². The van der Waals surface area contributed by atoms with Crippen molar-refractivity contribution in [3.05, 3.63) is 59.1 Å². The number of rotatable bonds is 1. The molecule has 0 aliphatic rings. The lowest BCUT2D eigenvalue weighted by molar-refractivity contribution is 0.630. The first-order chi connectivity index (χ1) is 8.68. The van der Waals surface area contributed by atoms with Crippen molar-refractivity contribution in [1.82, 2.24) is 9.38 Å². The van der Waals surface area contributed by atoms with Crippen LogP contribution in [0.1, 0.15) is 5.69 Å². The Morgan fingerprint density at radius 2 is 1.94 bits per heavy atom. The third-order valence-corrected chi connectivity index (χ3v) is 3.20. The number of halogens is 2. The maximum atomic E-state index is 13.9. The Balaban J connectivity index is 2.40. The summed E-state index contributed by atoms with van der Waals surface area (Å²) in [6, 6.07) is 10.3. The number of hydrogen-bond acceptors (Lipinski definition) is 1. The number of aromatic nitrogens is 2. The molecule has 18 heavy (non-hydrogen) atoms. The number of nitrogens with zero attached hydrogens (tertiary/aromatic N) is 2. The highest BCUT2D eigenvalue weighted by Crippen LogP contribution is 2.29. The molecule has 90 valence electrons. The predicted molar refractivity (Wildman–Crippen MR) is 70.3 cm³/mol. The molecule has 1 aromatic carbocycles. The fourth-order valence-corrected chi connectivity index (χ4v) is 2.33. The highest BCUT2D eigenvalue weighted by Gasteiger charge is 2.15. The van der Waals surface area contributed by atoms with E-state index in [4.69, 9.17) is 11.6 Å². The third kappa shape index (κ3) is 1.59. The van der Waals surface area contributed by atoms with Crippen LogP contribution in [0.5, 0.6) is 0 Å². The lowest BCUT2D eigenvalue weighted by Crippen LogP contribution is -1.91. The maximum absolute atomic E-state index is 13.9. The Morgan fingerprint density at radius 1 is 1.17 bits per heavy atom. The molecule has 0 N–H and O–H groups in total. The van der Waals surface area contributed by atoms with E-state index in [1.807, 2.05) is 29.7 Å². The van der Waals surface area contributed by atoms with Gasteiger partial charge in [0.2, 0.25) is 0 Å². The summed E-state index contributed by atoms with van der Waals surface area (Å²) in [6.07, 6.45) is 1.84. The molecule has 0 aliphatic heterocycles. The van der Waals surface area contributed by atoms with Crippen LogP contribution in [0.15, 0.2) is 42.6 Å². The van der Waals surface area contributed by atoms with Crippen molar-refractivity contribution in [2.75, 3.05) is 0 Å². The normalized spacial score (nSPS) is 11.1. The summed E-state index contributed by atoms with van der Waals surface area (Å²) >= 11 is 6.09. The standard InChI is InChI=1S/C14H10ClFN2/c1-9-13(10-5-2-3-7-12(10)16)18-8-4-6-11(15)14(18)17-9/h2-8H,1H3. The van der Waals surface area contributed by atoms with Gasteiger partial charge in [-0.15, -0.1) is 0 Å². The average Bonchev–Trinajstić information content (AvgIpc) is 2.68. The molecule has 0 bridgehead atoms. The molecule has 0 amide bonds. The van der Waals surface area contributed by atoms with E-state index in [0.29, 0.717) is 16.2 Å². The van der Waals surface area contributed by atoms with Gasteiger partial charge in [0.25, 0.3) is 0 Å². The Labute approximate surface area is 109 Å². The zero-order valence-corrected chi connectivity index (χ0v) is 10.4. The zero-order valence-electron chi connectivity index (χ0n) is 9.69. The smallest absolute Gasteiger partial charge is 0.156 e. The molecule has 3 rings (SSSR count). The first-order valence-electron chi connectivity index (χ1n) is 5.56. The monoisotopic (exact) mass is 260 g/mol. The number of hydrogen-bond donors (Lipinski definition) is 0. The van der Waals surface area contributed by atoms with Gasteiger partial charge < -0.3 is 0 Å². The molecular weight excluding hydrogens is 251 g/mol. The van der Waals surface area contributed by atoms with E-state index in [1.54, 1.807) is 18.2 Å². The van der Waals surface area contributed by atoms with Gasteiger partial charge in [-0.3, -0.25) is 4.40 Å².